The first-order valence-electron chi connectivity index (χ1n) is 6.04. The Balaban J connectivity index is 2.09. The lowest BCUT2D eigenvalue weighted by Crippen LogP contribution is -2.27. The smallest absolute Gasteiger partial charge is 0.410 e. The highest BCUT2D eigenvalue weighted by atomic mass is 16.6. The van der Waals surface area contributed by atoms with Crippen molar-refractivity contribution in [1.82, 2.24) is 4.90 Å². The predicted molar refractivity (Wildman–Crippen MR) is 69.3 cm³/mol. The summed E-state index contributed by atoms with van der Waals surface area (Å²) in [5, 5.41) is 0. The number of rotatable bonds is 5. The van der Waals surface area contributed by atoms with Crippen LogP contribution < -0.4 is 15.2 Å². The minimum absolute atomic E-state index is 0.215. The number of methoxy groups -OCH3 is 2. The van der Waals surface area contributed by atoms with E-state index in [0.29, 0.717) is 31.1 Å². The van der Waals surface area contributed by atoms with Crippen molar-refractivity contribution in [3.8, 4) is 11.5 Å². The van der Waals surface area contributed by atoms with Crippen molar-refractivity contribution in [2.24, 2.45) is 5.73 Å². The van der Waals surface area contributed by atoms with Gasteiger partial charge in [0.15, 0.2) is 11.5 Å². The molecule has 104 valence electrons. The zero-order valence-corrected chi connectivity index (χ0v) is 11.1. The molecule has 6 heteroatoms. The molecule has 0 spiro atoms. The summed E-state index contributed by atoms with van der Waals surface area (Å²) in [6.45, 7) is 1.33. The van der Waals surface area contributed by atoms with Gasteiger partial charge in [0.25, 0.3) is 0 Å². The maximum absolute atomic E-state index is 11.6. The normalized spacial score (nSPS) is 18.4. The second-order valence-corrected chi connectivity index (χ2v) is 4.31. The van der Waals surface area contributed by atoms with Crippen molar-refractivity contribution >= 4 is 6.09 Å². The van der Waals surface area contributed by atoms with Crippen LogP contribution >= 0.6 is 0 Å². The van der Waals surface area contributed by atoms with E-state index in [2.05, 4.69) is 0 Å². The third kappa shape index (κ3) is 2.90. The number of carbonyl (C=O) groups is 1. The Morgan fingerprint density at radius 3 is 2.68 bits per heavy atom. The second kappa shape index (κ2) is 5.79. The first kappa shape index (κ1) is 13.5. The molecule has 0 aliphatic carbocycles. The predicted octanol–water partition coefficient (Wildman–Crippen LogP) is 0.983. The van der Waals surface area contributed by atoms with E-state index in [1.165, 1.54) is 0 Å². The molecule has 1 heterocycles. The van der Waals surface area contributed by atoms with Crippen molar-refractivity contribution in [3.05, 3.63) is 23.8 Å². The van der Waals surface area contributed by atoms with Gasteiger partial charge in [-0.3, -0.25) is 0 Å². The van der Waals surface area contributed by atoms with Gasteiger partial charge >= 0.3 is 6.09 Å². The van der Waals surface area contributed by atoms with Gasteiger partial charge in [-0.25, -0.2) is 4.79 Å². The maximum atomic E-state index is 11.6. The zero-order valence-electron chi connectivity index (χ0n) is 11.1. The van der Waals surface area contributed by atoms with Crippen molar-refractivity contribution in [1.29, 1.82) is 0 Å². The van der Waals surface area contributed by atoms with Gasteiger partial charge in [0.05, 0.1) is 20.8 Å². The zero-order chi connectivity index (χ0) is 13.8. The molecule has 1 saturated heterocycles. The lowest BCUT2D eigenvalue weighted by molar-refractivity contribution is 0.134. The molecule has 2 N–H and O–H groups in total. The minimum Gasteiger partial charge on any atom is -0.493 e. The molecule has 1 aromatic carbocycles. The van der Waals surface area contributed by atoms with Gasteiger partial charge < -0.3 is 24.8 Å². The molecule has 1 atom stereocenters. The van der Waals surface area contributed by atoms with E-state index in [0.717, 1.165) is 5.56 Å². The van der Waals surface area contributed by atoms with Gasteiger partial charge in [-0.2, -0.15) is 0 Å². The van der Waals surface area contributed by atoms with E-state index in [9.17, 15) is 4.79 Å². The fourth-order valence-electron chi connectivity index (χ4n) is 2.03. The Hall–Kier alpha value is -1.95. The number of ether oxygens (including phenoxy) is 3. The maximum Gasteiger partial charge on any atom is 0.410 e. The Bertz CT molecular complexity index is 464. The number of benzene rings is 1. The summed E-state index contributed by atoms with van der Waals surface area (Å²) in [7, 11) is 3.16. The van der Waals surface area contributed by atoms with Crippen molar-refractivity contribution < 1.29 is 19.0 Å². The molecule has 6 nitrogen and oxygen atoms in total. The van der Waals surface area contributed by atoms with Crippen molar-refractivity contribution in [2.75, 3.05) is 27.3 Å². The second-order valence-electron chi connectivity index (χ2n) is 4.31. The van der Waals surface area contributed by atoms with Gasteiger partial charge in [-0.05, 0) is 17.7 Å². The molecular weight excluding hydrogens is 248 g/mol. The lowest BCUT2D eigenvalue weighted by atomic mass is 10.2. The SMILES string of the molecule is COc1ccc(CN2CC(CN)OC2=O)cc1OC. The minimum atomic E-state index is -0.328. The molecule has 19 heavy (non-hydrogen) atoms. The number of cyclic esters (lactones) is 1. The van der Waals surface area contributed by atoms with Crippen LogP contribution in [0.2, 0.25) is 0 Å². The molecule has 0 bridgehead atoms. The van der Waals surface area contributed by atoms with Crippen LogP contribution in [0.1, 0.15) is 5.56 Å². The third-order valence-corrected chi connectivity index (χ3v) is 3.03. The molecule has 1 aliphatic heterocycles. The van der Waals surface area contributed by atoms with Crippen LogP contribution in [0.3, 0.4) is 0 Å². The number of amides is 1. The number of nitrogens with two attached hydrogens (primary N) is 1. The topological polar surface area (TPSA) is 74.0 Å². The number of hydrogen-bond acceptors (Lipinski definition) is 5. The quantitative estimate of drug-likeness (QED) is 0.860. The van der Waals surface area contributed by atoms with Gasteiger partial charge in [-0.15, -0.1) is 0 Å². The van der Waals surface area contributed by atoms with Gasteiger partial charge in [0.1, 0.15) is 6.10 Å². The molecule has 1 unspecified atom stereocenters. The number of hydrogen-bond donors (Lipinski definition) is 1. The molecule has 1 aromatic rings. The highest BCUT2D eigenvalue weighted by molar-refractivity contribution is 5.70. The molecule has 0 aromatic heterocycles. The highest BCUT2D eigenvalue weighted by Gasteiger charge is 2.30. The van der Waals surface area contributed by atoms with Gasteiger partial charge in [-0.1, -0.05) is 6.07 Å². The molecular formula is C13H18N2O4. The van der Waals surface area contributed by atoms with Crippen molar-refractivity contribution in [2.45, 2.75) is 12.6 Å². The summed E-state index contributed by atoms with van der Waals surface area (Å²) in [4.78, 5) is 13.2. The van der Waals surface area contributed by atoms with Crippen LogP contribution in [0.4, 0.5) is 4.79 Å². The summed E-state index contributed by atoms with van der Waals surface area (Å²) in [6, 6.07) is 5.56. The Morgan fingerprint density at radius 1 is 1.37 bits per heavy atom. The van der Waals surface area contributed by atoms with Crippen molar-refractivity contribution in [3.63, 3.8) is 0 Å². The van der Waals surface area contributed by atoms with E-state index < -0.39 is 0 Å². The van der Waals surface area contributed by atoms with Crippen LogP contribution in [0, 0.1) is 0 Å². The van der Waals surface area contributed by atoms with E-state index in [4.69, 9.17) is 19.9 Å². The van der Waals surface area contributed by atoms with Crippen LogP contribution in [-0.2, 0) is 11.3 Å². The average Bonchev–Trinajstić information content (AvgIpc) is 2.79. The lowest BCUT2D eigenvalue weighted by Gasteiger charge is -2.14. The molecule has 1 amide bonds. The van der Waals surface area contributed by atoms with Gasteiger partial charge in [0, 0.05) is 13.1 Å². The van der Waals surface area contributed by atoms with E-state index >= 15 is 0 Å². The summed E-state index contributed by atoms with van der Waals surface area (Å²) >= 11 is 0. The first-order chi connectivity index (χ1) is 9.17. The fraction of sp³-hybridized carbons (Fsp3) is 0.462. The van der Waals surface area contributed by atoms with Crippen LogP contribution in [0.25, 0.3) is 0 Å². The number of carbonyl (C=O) groups excluding carboxylic acids is 1. The number of nitrogens with zero attached hydrogens (tertiary/aromatic N) is 1. The highest BCUT2D eigenvalue weighted by Crippen LogP contribution is 2.28. The van der Waals surface area contributed by atoms with E-state index in [1.54, 1.807) is 19.1 Å². The van der Waals surface area contributed by atoms with Crippen LogP contribution in [-0.4, -0.2) is 44.4 Å². The largest absolute Gasteiger partial charge is 0.493 e. The van der Waals surface area contributed by atoms with E-state index in [-0.39, 0.29) is 12.2 Å². The molecule has 1 fully saturated rings. The van der Waals surface area contributed by atoms with E-state index in [1.807, 2.05) is 18.2 Å². The third-order valence-electron chi connectivity index (χ3n) is 3.03. The van der Waals surface area contributed by atoms with Crippen LogP contribution in [0.15, 0.2) is 18.2 Å². The molecule has 1 aliphatic rings. The molecule has 0 radical (unpaired) electrons. The summed E-state index contributed by atoms with van der Waals surface area (Å²) in [6.07, 6.45) is -0.544. The Morgan fingerprint density at radius 2 is 2.11 bits per heavy atom. The van der Waals surface area contributed by atoms with Crippen LogP contribution in [0.5, 0.6) is 11.5 Å². The first-order valence-corrected chi connectivity index (χ1v) is 6.04. The summed E-state index contributed by atoms with van der Waals surface area (Å²) in [5.41, 5.74) is 6.45. The fourth-order valence-corrected chi connectivity index (χ4v) is 2.03. The standard InChI is InChI=1S/C13H18N2O4/c1-17-11-4-3-9(5-12(11)18-2)7-15-8-10(6-14)19-13(15)16/h3-5,10H,6-8,14H2,1-2H3. The Kier molecular flexibility index (Phi) is 4.11. The average molecular weight is 266 g/mol. The monoisotopic (exact) mass is 266 g/mol. The Labute approximate surface area is 112 Å². The molecule has 0 saturated carbocycles. The molecule has 2 rings (SSSR count). The summed E-state index contributed by atoms with van der Waals surface area (Å²) in [5.74, 6) is 1.30. The summed E-state index contributed by atoms with van der Waals surface area (Å²) < 4.78 is 15.5. The van der Waals surface area contributed by atoms with Gasteiger partial charge in [0.2, 0.25) is 0 Å².